The minimum atomic E-state index is -0.344. The number of nitrogens with zero attached hydrogens (tertiary/aromatic N) is 1. The molecule has 0 aliphatic heterocycles. The highest BCUT2D eigenvalue weighted by Crippen LogP contribution is 2.06. The fourth-order valence-corrected chi connectivity index (χ4v) is 1.42. The monoisotopic (exact) mass is 282 g/mol. The minimum absolute atomic E-state index is 0.131. The standard InChI is InChI=1S/C13H15ClN2O3/c1-19-12(18)9-5-8-11(17)13(14)16-15-10-6-3-2-4-7-10/h2-4,6-7,15H,5,8-9H2,1H3/b16-13-. The lowest BCUT2D eigenvalue weighted by molar-refractivity contribution is -0.140. The molecule has 0 unspecified atom stereocenters. The van der Waals surface area contributed by atoms with Crippen LogP contribution in [0.5, 0.6) is 0 Å². The number of methoxy groups -OCH3 is 1. The summed E-state index contributed by atoms with van der Waals surface area (Å²) in [6, 6.07) is 9.15. The van der Waals surface area contributed by atoms with Crippen molar-refractivity contribution in [1.29, 1.82) is 0 Å². The zero-order valence-corrected chi connectivity index (χ0v) is 11.3. The average Bonchev–Trinajstić information content (AvgIpc) is 2.45. The molecule has 1 rings (SSSR count). The number of halogens is 1. The van der Waals surface area contributed by atoms with Gasteiger partial charge in [0.15, 0.2) is 11.0 Å². The molecule has 0 heterocycles. The predicted octanol–water partition coefficient (Wildman–Crippen LogP) is 2.56. The largest absolute Gasteiger partial charge is 0.469 e. The fourth-order valence-electron chi connectivity index (χ4n) is 1.29. The van der Waals surface area contributed by atoms with Crippen LogP contribution < -0.4 is 5.43 Å². The molecule has 0 amide bonds. The Morgan fingerprint density at radius 1 is 1.26 bits per heavy atom. The molecule has 102 valence electrons. The summed E-state index contributed by atoms with van der Waals surface area (Å²) in [7, 11) is 1.31. The Hall–Kier alpha value is -1.88. The number of esters is 1. The number of rotatable bonds is 7. The van der Waals surface area contributed by atoms with Crippen molar-refractivity contribution in [1.82, 2.24) is 0 Å². The molecule has 5 nitrogen and oxygen atoms in total. The number of hydrazone groups is 1. The van der Waals surface area contributed by atoms with Crippen molar-refractivity contribution in [2.45, 2.75) is 19.3 Å². The number of anilines is 1. The molecule has 1 aromatic carbocycles. The van der Waals surface area contributed by atoms with E-state index in [0.29, 0.717) is 6.42 Å². The van der Waals surface area contributed by atoms with Gasteiger partial charge in [-0.2, -0.15) is 5.10 Å². The van der Waals surface area contributed by atoms with E-state index in [1.54, 1.807) is 12.1 Å². The van der Waals surface area contributed by atoms with Crippen LogP contribution in [0.25, 0.3) is 0 Å². The molecule has 0 radical (unpaired) electrons. The molecule has 1 N–H and O–H groups in total. The van der Waals surface area contributed by atoms with Crippen LogP contribution in [0.4, 0.5) is 5.69 Å². The second-order valence-corrected chi connectivity index (χ2v) is 4.09. The summed E-state index contributed by atoms with van der Waals surface area (Å²) >= 11 is 5.75. The van der Waals surface area contributed by atoms with Crippen LogP contribution in [0, 0.1) is 0 Å². The number of carbonyl (C=O) groups excluding carboxylic acids is 2. The minimum Gasteiger partial charge on any atom is -0.469 e. The normalized spacial score (nSPS) is 10.9. The maximum atomic E-state index is 11.6. The van der Waals surface area contributed by atoms with Gasteiger partial charge in [-0.25, -0.2) is 0 Å². The van der Waals surface area contributed by atoms with Crippen molar-refractivity contribution >= 4 is 34.2 Å². The van der Waals surface area contributed by atoms with E-state index in [9.17, 15) is 9.59 Å². The molecule has 0 atom stereocenters. The van der Waals surface area contributed by atoms with Crippen molar-refractivity contribution in [2.24, 2.45) is 5.10 Å². The Bertz CT molecular complexity index is 460. The Labute approximate surface area is 116 Å². The molecule has 6 heteroatoms. The number of hydrogen-bond acceptors (Lipinski definition) is 5. The van der Waals surface area contributed by atoms with Crippen molar-refractivity contribution in [3.8, 4) is 0 Å². The van der Waals surface area contributed by atoms with Gasteiger partial charge in [0.25, 0.3) is 0 Å². The van der Waals surface area contributed by atoms with E-state index < -0.39 is 0 Å². The van der Waals surface area contributed by atoms with Crippen molar-refractivity contribution < 1.29 is 14.3 Å². The second kappa shape index (κ2) is 8.26. The zero-order chi connectivity index (χ0) is 14.1. The fraction of sp³-hybridized carbons (Fsp3) is 0.308. The number of Topliss-reactive ketones (excluding diaryl/α,β-unsaturated/α-hetero) is 1. The first kappa shape index (κ1) is 15.2. The smallest absolute Gasteiger partial charge is 0.305 e. The van der Waals surface area contributed by atoms with Gasteiger partial charge in [0, 0.05) is 12.8 Å². The summed E-state index contributed by atoms with van der Waals surface area (Å²) in [6.07, 6.45) is 0.745. The average molecular weight is 283 g/mol. The molecule has 1 aromatic rings. The van der Waals surface area contributed by atoms with Gasteiger partial charge in [-0.15, -0.1) is 0 Å². The molecule has 0 saturated carbocycles. The highest BCUT2D eigenvalue weighted by molar-refractivity contribution is 6.83. The number of ether oxygens (including phenoxy) is 1. The molecule has 0 aliphatic rings. The lowest BCUT2D eigenvalue weighted by atomic mass is 10.2. The Balaban J connectivity index is 2.37. The lowest BCUT2D eigenvalue weighted by Crippen LogP contribution is -2.10. The van der Waals surface area contributed by atoms with Crippen molar-refractivity contribution in [3.05, 3.63) is 30.3 Å². The molecular formula is C13H15ClN2O3. The molecule has 0 fully saturated rings. The topological polar surface area (TPSA) is 67.8 Å². The van der Waals surface area contributed by atoms with Gasteiger partial charge in [0.2, 0.25) is 0 Å². The Morgan fingerprint density at radius 3 is 2.58 bits per heavy atom. The number of para-hydroxylation sites is 1. The van der Waals surface area contributed by atoms with E-state index in [1.165, 1.54) is 7.11 Å². The van der Waals surface area contributed by atoms with Crippen LogP contribution in [0.2, 0.25) is 0 Å². The Kier molecular flexibility index (Phi) is 6.60. The van der Waals surface area contributed by atoms with Crippen molar-refractivity contribution in [2.75, 3.05) is 12.5 Å². The van der Waals surface area contributed by atoms with Gasteiger partial charge in [-0.05, 0) is 18.6 Å². The summed E-state index contributed by atoms with van der Waals surface area (Å²) in [5.74, 6) is -0.655. The van der Waals surface area contributed by atoms with Gasteiger partial charge in [-0.3, -0.25) is 15.0 Å². The van der Waals surface area contributed by atoms with E-state index in [-0.39, 0.29) is 29.8 Å². The van der Waals surface area contributed by atoms with E-state index in [4.69, 9.17) is 11.6 Å². The molecular weight excluding hydrogens is 268 g/mol. The summed E-state index contributed by atoms with van der Waals surface area (Å²) < 4.78 is 4.47. The third-order valence-corrected chi connectivity index (χ3v) is 2.59. The summed E-state index contributed by atoms with van der Waals surface area (Å²) in [5, 5.41) is 3.65. The first-order valence-electron chi connectivity index (χ1n) is 5.77. The van der Waals surface area contributed by atoms with Crippen LogP contribution in [-0.4, -0.2) is 24.0 Å². The number of benzene rings is 1. The van der Waals surface area contributed by atoms with Crippen LogP contribution in [0.15, 0.2) is 35.4 Å². The van der Waals surface area contributed by atoms with Gasteiger partial charge >= 0.3 is 5.97 Å². The summed E-state index contributed by atoms with van der Waals surface area (Å²) in [5.41, 5.74) is 3.42. The first-order valence-corrected chi connectivity index (χ1v) is 6.15. The zero-order valence-electron chi connectivity index (χ0n) is 10.6. The third kappa shape index (κ3) is 6.01. The highest BCUT2D eigenvalue weighted by atomic mass is 35.5. The maximum Gasteiger partial charge on any atom is 0.305 e. The number of hydrogen-bond donors (Lipinski definition) is 1. The number of nitrogens with one attached hydrogen (secondary N) is 1. The summed E-state index contributed by atoms with van der Waals surface area (Å²) in [4.78, 5) is 22.4. The lowest BCUT2D eigenvalue weighted by Gasteiger charge is -2.01. The van der Waals surface area contributed by atoms with E-state index in [0.717, 1.165) is 5.69 Å². The van der Waals surface area contributed by atoms with Crippen molar-refractivity contribution in [3.63, 3.8) is 0 Å². The molecule has 0 saturated heterocycles. The van der Waals surface area contributed by atoms with Gasteiger partial charge in [0.05, 0.1) is 12.8 Å². The van der Waals surface area contributed by atoms with Crippen LogP contribution in [0.3, 0.4) is 0 Å². The van der Waals surface area contributed by atoms with Gasteiger partial charge in [0.1, 0.15) is 0 Å². The van der Waals surface area contributed by atoms with Crippen LogP contribution in [0.1, 0.15) is 19.3 Å². The highest BCUT2D eigenvalue weighted by Gasteiger charge is 2.10. The van der Waals surface area contributed by atoms with Crippen LogP contribution >= 0.6 is 11.6 Å². The molecule has 0 bridgehead atoms. The van der Waals surface area contributed by atoms with Crippen LogP contribution in [-0.2, 0) is 14.3 Å². The molecule has 0 aromatic heterocycles. The quantitative estimate of drug-likeness (QED) is 0.474. The first-order chi connectivity index (χ1) is 9.13. The van der Waals surface area contributed by atoms with E-state index in [2.05, 4.69) is 15.3 Å². The molecule has 19 heavy (non-hydrogen) atoms. The summed E-state index contributed by atoms with van der Waals surface area (Å²) in [6.45, 7) is 0. The van der Waals surface area contributed by atoms with Gasteiger partial charge in [-0.1, -0.05) is 29.8 Å². The van der Waals surface area contributed by atoms with E-state index in [1.807, 2.05) is 18.2 Å². The molecule has 0 spiro atoms. The number of carbonyl (C=O) groups is 2. The Morgan fingerprint density at radius 2 is 1.95 bits per heavy atom. The van der Waals surface area contributed by atoms with Gasteiger partial charge < -0.3 is 4.74 Å². The maximum absolute atomic E-state index is 11.6. The third-order valence-electron chi connectivity index (χ3n) is 2.30. The molecule has 0 aliphatic carbocycles. The predicted molar refractivity (Wildman–Crippen MR) is 74.2 cm³/mol. The number of ketones is 1. The second-order valence-electron chi connectivity index (χ2n) is 3.73. The SMILES string of the molecule is COC(=O)CCCC(=O)/C(Cl)=N/Nc1ccccc1. The van der Waals surface area contributed by atoms with E-state index >= 15 is 0 Å².